The van der Waals surface area contributed by atoms with Crippen LogP contribution in [0.2, 0.25) is 0 Å². The van der Waals surface area contributed by atoms with Crippen LogP contribution in [0.3, 0.4) is 0 Å². The summed E-state index contributed by atoms with van der Waals surface area (Å²) in [6, 6.07) is 3.53. The standard InChI is InChI=1S/C15H18N4O2/c1-15(2,3)21-14(20)18-7-5-4-6-11-8-12(9-16)13(17)19-10-11/h8,10H,5,7H2,1-3H3,(H2,17,19)(H,18,20). The third-order valence-corrected chi connectivity index (χ3v) is 2.19. The van der Waals surface area contributed by atoms with Crippen molar-refractivity contribution in [3.8, 4) is 17.9 Å². The smallest absolute Gasteiger partial charge is 0.407 e. The molecule has 21 heavy (non-hydrogen) atoms. The van der Waals surface area contributed by atoms with E-state index in [9.17, 15) is 4.79 Å². The zero-order valence-electron chi connectivity index (χ0n) is 12.4. The van der Waals surface area contributed by atoms with Gasteiger partial charge in [-0.05, 0) is 26.8 Å². The number of hydrogen-bond acceptors (Lipinski definition) is 5. The molecule has 1 aromatic heterocycles. The third-order valence-electron chi connectivity index (χ3n) is 2.19. The number of nitrogens with zero attached hydrogens (tertiary/aromatic N) is 2. The van der Waals surface area contributed by atoms with Crippen LogP contribution < -0.4 is 11.1 Å². The number of amides is 1. The van der Waals surface area contributed by atoms with Crippen molar-refractivity contribution in [3.63, 3.8) is 0 Å². The van der Waals surface area contributed by atoms with Crippen LogP contribution in [-0.2, 0) is 4.74 Å². The van der Waals surface area contributed by atoms with Gasteiger partial charge in [0.15, 0.2) is 0 Å². The summed E-state index contributed by atoms with van der Waals surface area (Å²) in [4.78, 5) is 15.3. The van der Waals surface area contributed by atoms with E-state index in [2.05, 4.69) is 22.1 Å². The first kappa shape index (κ1) is 16.3. The second-order valence-electron chi connectivity index (χ2n) is 5.25. The molecule has 0 aliphatic carbocycles. The molecule has 3 N–H and O–H groups in total. The van der Waals surface area contributed by atoms with E-state index < -0.39 is 11.7 Å². The molecule has 0 radical (unpaired) electrons. The Hall–Kier alpha value is -2.73. The lowest BCUT2D eigenvalue weighted by atomic mass is 10.2. The molecule has 1 heterocycles. The Labute approximate surface area is 124 Å². The number of nitrogen functional groups attached to an aromatic ring is 1. The molecule has 6 heteroatoms. The highest BCUT2D eigenvalue weighted by Gasteiger charge is 2.15. The van der Waals surface area contributed by atoms with Gasteiger partial charge in [-0.3, -0.25) is 0 Å². The summed E-state index contributed by atoms with van der Waals surface area (Å²) in [6.07, 6.45) is 1.50. The van der Waals surface area contributed by atoms with Crippen molar-refractivity contribution in [3.05, 3.63) is 23.4 Å². The fourth-order valence-electron chi connectivity index (χ4n) is 1.34. The molecular formula is C15H18N4O2. The monoisotopic (exact) mass is 286 g/mol. The van der Waals surface area contributed by atoms with Crippen molar-refractivity contribution in [2.75, 3.05) is 12.3 Å². The highest BCUT2D eigenvalue weighted by atomic mass is 16.6. The molecule has 0 saturated carbocycles. The molecule has 0 aliphatic rings. The van der Waals surface area contributed by atoms with E-state index in [1.54, 1.807) is 26.8 Å². The highest BCUT2D eigenvalue weighted by Crippen LogP contribution is 2.08. The number of rotatable bonds is 2. The fourth-order valence-corrected chi connectivity index (χ4v) is 1.34. The molecule has 0 atom stereocenters. The van der Waals surface area contributed by atoms with Gasteiger partial charge >= 0.3 is 6.09 Å². The van der Waals surface area contributed by atoms with Crippen LogP contribution in [-0.4, -0.2) is 23.2 Å². The second kappa shape index (κ2) is 7.16. The molecule has 1 aromatic rings. The summed E-state index contributed by atoms with van der Waals surface area (Å²) in [5.41, 5.74) is 5.91. The third kappa shape index (κ3) is 6.31. The molecule has 0 unspecified atom stereocenters. The van der Waals surface area contributed by atoms with Crippen LogP contribution in [0, 0.1) is 23.2 Å². The van der Waals surface area contributed by atoms with Gasteiger partial charge in [-0.1, -0.05) is 11.8 Å². The van der Waals surface area contributed by atoms with E-state index in [1.165, 1.54) is 6.20 Å². The average Bonchev–Trinajstić information content (AvgIpc) is 2.38. The Bertz CT molecular complexity index is 615. The lowest BCUT2D eigenvalue weighted by molar-refractivity contribution is 0.0529. The number of anilines is 1. The Morgan fingerprint density at radius 1 is 1.52 bits per heavy atom. The van der Waals surface area contributed by atoms with Crippen LogP contribution >= 0.6 is 0 Å². The van der Waals surface area contributed by atoms with Gasteiger partial charge in [-0.15, -0.1) is 0 Å². The van der Waals surface area contributed by atoms with Crippen molar-refractivity contribution in [2.24, 2.45) is 0 Å². The zero-order chi connectivity index (χ0) is 15.9. The van der Waals surface area contributed by atoms with Crippen molar-refractivity contribution in [2.45, 2.75) is 32.8 Å². The maximum atomic E-state index is 11.4. The van der Waals surface area contributed by atoms with Gasteiger partial charge in [-0.2, -0.15) is 5.26 Å². The lowest BCUT2D eigenvalue weighted by Crippen LogP contribution is -2.32. The van der Waals surface area contributed by atoms with E-state index in [4.69, 9.17) is 15.7 Å². The summed E-state index contributed by atoms with van der Waals surface area (Å²) < 4.78 is 5.09. The van der Waals surface area contributed by atoms with E-state index in [0.717, 1.165) is 0 Å². The van der Waals surface area contributed by atoms with Gasteiger partial charge in [0, 0.05) is 24.7 Å². The minimum atomic E-state index is -0.515. The largest absolute Gasteiger partial charge is 0.444 e. The zero-order valence-corrected chi connectivity index (χ0v) is 12.4. The van der Waals surface area contributed by atoms with Gasteiger partial charge in [-0.25, -0.2) is 9.78 Å². The minimum Gasteiger partial charge on any atom is -0.444 e. The normalized spacial score (nSPS) is 10.0. The Balaban J connectivity index is 2.44. The van der Waals surface area contributed by atoms with Crippen LogP contribution in [0.4, 0.5) is 10.6 Å². The summed E-state index contributed by atoms with van der Waals surface area (Å²) in [6.45, 7) is 5.78. The molecule has 0 bridgehead atoms. The SMILES string of the molecule is CC(C)(C)OC(=O)NCCC#Cc1cnc(N)c(C#N)c1. The number of alkyl carbamates (subject to hydrolysis) is 1. The van der Waals surface area contributed by atoms with Gasteiger partial charge < -0.3 is 15.8 Å². The second-order valence-corrected chi connectivity index (χ2v) is 5.25. The molecule has 6 nitrogen and oxygen atoms in total. The number of carbonyl (C=O) groups excluding carboxylic acids is 1. The molecule has 0 fully saturated rings. The summed E-state index contributed by atoms with van der Waals surface area (Å²) >= 11 is 0. The van der Waals surface area contributed by atoms with Crippen LogP contribution in [0.1, 0.15) is 38.3 Å². The van der Waals surface area contributed by atoms with Crippen molar-refractivity contribution in [1.82, 2.24) is 10.3 Å². The predicted molar refractivity (Wildman–Crippen MR) is 79.1 cm³/mol. The predicted octanol–water partition coefficient (Wildman–Crippen LogP) is 1.80. The lowest BCUT2D eigenvalue weighted by Gasteiger charge is -2.19. The van der Waals surface area contributed by atoms with Gasteiger partial charge in [0.25, 0.3) is 0 Å². The number of carbonyl (C=O) groups is 1. The van der Waals surface area contributed by atoms with Gasteiger partial charge in [0.1, 0.15) is 17.5 Å². The first-order chi connectivity index (χ1) is 9.81. The molecule has 1 amide bonds. The Morgan fingerprint density at radius 3 is 2.86 bits per heavy atom. The van der Waals surface area contributed by atoms with Crippen molar-refractivity contribution in [1.29, 1.82) is 5.26 Å². The number of nitrogens with one attached hydrogen (secondary N) is 1. The summed E-state index contributed by atoms with van der Waals surface area (Å²) in [5, 5.41) is 11.4. The Morgan fingerprint density at radius 2 is 2.24 bits per heavy atom. The molecular weight excluding hydrogens is 268 g/mol. The van der Waals surface area contributed by atoms with Gasteiger partial charge in [0.2, 0.25) is 0 Å². The van der Waals surface area contributed by atoms with E-state index in [0.29, 0.717) is 24.1 Å². The van der Waals surface area contributed by atoms with Crippen LogP contribution in [0.25, 0.3) is 0 Å². The van der Waals surface area contributed by atoms with E-state index >= 15 is 0 Å². The first-order valence-corrected chi connectivity index (χ1v) is 6.43. The van der Waals surface area contributed by atoms with E-state index in [1.807, 2.05) is 6.07 Å². The minimum absolute atomic E-state index is 0.189. The fraction of sp³-hybridized carbons (Fsp3) is 0.400. The molecule has 0 spiro atoms. The first-order valence-electron chi connectivity index (χ1n) is 6.43. The number of hydrogen-bond donors (Lipinski definition) is 2. The number of ether oxygens (including phenoxy) is 1. The quantitative estimate of drug-likeness (QED) is 0.637. The number of pyridine rings is 1. The van der Waals surface area contributed by atoms with Crippen LogP contribution in [0.15, 0.2) is 12.3 Å². The number of aromatic nitrogens is 1. The topological polar surface area (TPSA) is 101 Å². The van der Waals surface area contributed by atoms with E-state index in [-0.39, 0.29) is 5.82 Å². The van der Waals surface area contributed by atoms with Crippen molar-refractivity contribution < 1.29 is 9.53 Å². The molecule has 110 valence electrons. The summed E-state index contributed by atoms with van der Waals surface area (Å²) in [5.74, 6) is 5.93. The van der Waals surface area contributed by atoms with Gasteiger partial charge in [0.05, 0.1) is 5.56 Å². The molecule has 0 saturated heterocycles. The highest BCUT2D eigenvalue weighted by molar-refractivity contribution is 5.67. The van der Waals surface area contributed by atoms with Crippen LogP contribution in [0.5, 0.6) is 0 Å². The maximum absolute atomic E-state index is 11.4. The molecule has 1 rings (SSSR count). The van der Waals surface area contributed by atoms with Crippen molar-refractivity contribution >= 4 is 11.9 Å². The number of nitrogens with two attached hydrogens (primary N) is 1. The number of nitriles is 1. The average molecular weight is 286 g/mol. The molecule has 0 aromatic carbocycles. The summed E-state index contributed by atoms with van der Waals surface area (Å²) in [7, 11) is 0. The maximum Gasteiger partial charge on any atom is 0.407 e. The Kier molecular flexibility index (Phi) is 5.57. The molecule has 0 aliphatic heterocycles.